The SMILES string of the molecule is C[C@@H]1CCCC[C@@H]1CNC(=O)[C@H]1C[C@H](O)CN1. The number of aliphatic hydroxyl groups is 1. The summed E-state index contributed by atoms with van der Waals surface area (Å²) in [6.45, 7) is 3.62. The molecule has 0 radical (unpaired) electrons. The molecule has 4 atom stereocenters. The van der Waals surface area contributed by atoms with E-state index < -0.39 is 0 Å². The number of amides is 1. The molecule has 1 aliphatic heterocycles. The number of hydrogen-bond acceptors (Lipinski definition) is 3. The first kappa shape index (κ1) is 12.8. The van der Waals surface area contributed by atoms with Crippen molar-refractivity contribution in [2.75, 3.05) is 13.1 Å². The van der Waals surface area contributed by atoms with Crippen molar-refractivity contribution in [2.24, 2.45) is 11.8 Å². The van der Waals surface area contributed by atoms with Gasteiger partial charge in [-0.1, -0.05) is 26.2 Å². The Balaban J connectivity index is 1.72. The molecule has 0 unspecified atom stereocenters. The van der Waals surface area contributed by atoms with Crippen LogP contribution in [0.5, 0.6) is 0 Å². The summed E-state index contributed by atoms with van der Waals surface area (Å²) in [4.78, 5) is 11.9. The van der Waals surface area contributed by atoms with E-state index >= 15 is 0 Å². The lowest BCUT2D eigenvalue weighted by molar-refractivity contribution is -0.123. The number of rotatable bonds is 3. The third kappa shape index (κ3) is 3.42. The molecular formula is C13H24N2O2. The molecule has 1 saturated carbocycles. The van der Waals surface area contributed by atoms with E-state index in [2.05, 4.69) is 17.6 Å². The van der Waals surface area contributed by atoms with Crippen LogP contribution in [0.3, 0.4) is 0 Å². The van der Waals surface area contributed by atoms with Gasteiger partial charge in [-0.25, -0.2) is 0 Å². The number of carbonyl (C=O) groups excluding carboxylic acids is 1. The van der Waals surface area contributed by atoms with E-state index in [-0.39, 0.29) is 18.1 Å². The lowest BCUT2D eigenvalue weighted by atomic mass is 9.80. The van der Waals surface area contributed by atoms with Crippen LogP contribution in [0.15, 0.2) is 0 Å². The second-order valence-electron chi connectivity index (χ2n) is 5.62. The Kier molecular flexibility index (Phi) is 4.40. The van der Waals surface area contributed by atoms with Crippen LogP contribution in [0, 0.1) is 11.8 Å². The Morgan fingerprint density at radius 1 is 1.41 bits per heavy atom. The van der Waals surface area contributed by atoms with E-state index in [0.29, 0.717) is 18.9 Å². The van der Waals surface area contributed by atoms with Gasteiger partial charge in [0.25, 0.3) is 0 Å². The molecule has 4 heteroatoms. The summed E-state index contributed by atoms with van der Waals surface area (Å²) in [6, 6.07) is -0.191. The van der Waals surface area contributed by atoms with E-state index in [1.807, 2.05) is 0 Å². The maximum absolute atomic E-state index is 11.9. The van der Waals surface area contributed by atoms with Gasteiger partial charge in [0.15, 0.2) is 0 Å². The Labute approximate surface area is 103 Å². The number of carbonyl (C=O) groups is 1. The zero-order valence-corrected chi connectivity index (χ0v) is 10.6. The molecule has 1 aliphatic carbocycles. The van der Waals surface area contributed by atoms with Crippen LogP contribution in [0.2, 0.25) is 0 Å². The van der Waals surface area contributed by atoms with Crippen LogP contribution in [0.4, 0.5) is 0 Å². The predicted molar refractivity (Wildman–Crippen MR) is 66.5 cm³/mol. The Morgan fingerprint density at radius 3 is 2.82 bits per heavy atom. The molecule has 1 heterocycles. The molecule has 1 amide bonds. The highest BCUT2D eigenvalue weighted by molar-refractivity contribution is 5.82. The fraction of sp³-hybridized carbons (Fsp3) is 0.923. The average molecular weight is 240 g/mol. The van der Waals surface area contributed by atoms with E-state index in [9.17, 15) is 9.90 Å². The third-order valence-corrected chi connectivity index (χ3v) is 4.25. The average Bonchev–Trinajstić information content (AvgIpc) is 2.74. The van der Waals surface area contributed by atoms with Gasteiger partial charge in [-0.05, 0) is 24.7 Å². The molecule has 2 rings (SSSR count). The van der Waals surface area contributed by atoms with Crippen molar-refractivity contribution < 1.29 is 9.90 Å². The highest BCUT2D eigenvalue weighted by atomic mass is 16.3. The van der Waals surface area contributed by atoms with Gasteiger partial charge in [0.2, 0.25) is 5.91 Å². The lowest BCUT2D eigenvalue weighted by Gasteiger charge is -2.29. The lowest BCUT2D eigenvalue weighted by Crippen LogP contribution is -2.43. The topological polar surface area (TPSA) is 61.4 Å². The van der Waals surface area contributed by atoms with Gasteiger partial charge in [0.1, 0.15) is 0 Å². The molecule has 1 saturated heterocycles. The molecule has 2 aliphatic rings. The monoisotopic (exact) mass is 240 g/mol. The first-order chi connectivity index (χ1) is 8.16. The van der Waals surface area contributed by atoms with Crippen molar-refractivity contribution in [3.63, 3.8) is 0 Å². The number of hydrogen-bond donors (Lipinski definition) is 3. The molecule has 0 bridgehead atoms. The van der Waals surface area contributed by atoms with Crippen LogP contribution in [0.25, 0.3) is 0 Å². The van der Waals surface area contributed by atoms with Gasteiger partial charge in [0, 0.05) is 13.1 Å². The molecule has 3 N–H and O–H groups in total. The van der Waals surface area contributed by atoms with Crippen LogP contribution in [0.1, 0.15) is 39.0 Å². The number of β-amino-alcohol motifs (C(OH)–C–C–N with tert-alkyl or cyclic N) is 1. The molecule has 17 heavy (non-hydrogen) atoms. The molecule has 4 nitrogen and oxygen atoms in total. The minimum Gasteiger partial charge on any atom is -0.392 e. The predicted octanol–water partition coefficient (Wildman–Crippen LogP) is 0.652. The maximum Gasteiger partial charge on any atom is 0.237 e. The summed E-state index contributed by atoms with van der Waals surface area (Å²) in [7, 11) is 0. The normalized spacial score (nSPS) is 38.0. The van der Waals surface area contributed by atoms with Crippen molar-refractivity contribution >= 4 is 5.91 Å². The summed E-state index contributed by atoms with van der Waals surface area (Å²) in [5, 5.41) is 15.4. The number of nitrogens with one attached hydrogen (secondary N) is 2. The van der Waals surface area contributed by atoms with Crippen LogP contribution in [-0.2, 0) is 4.79 Å². The van der Waals surface area contributed by atoms with Crippen molar-refractivity contribution in [2.45, 2.75) is 51.2 Å². The van der Waals surface area contributed by atoms with Crippen LogP contribution in [-0.4, -0.2) is 36.2 Å². The molecule has 98 valence electrons. The van der Waals surface area contributed by atoms with Crippen molar-refractivity contribution in [3.8, 4) is 0 Å². The molecule has 0 aromatic carbocycles. The smallest absolute Gasteiger partial charge is 0.237 e. The standard InChI is InChI=1S/C13H24N2O2/c1-9-4-2-3-5-10(9)7-15-13(17)12-6-11(16)8-14-12/h9-12,14,16H,2-8H2,1H3,(H,15,17)/t9-,10-,11+,12-/m1/s1. The van der Waals surface area contributed by atoms with Crippen LogP contribution >= 0.6 is 0 Å². The summed E-state index contributed by atoms with van der Waals surface area (Å²) in [5.74, 6) is 1.42. The molecule has 0 aromatic heterocycles. The second kappa shape index (κ2) is 5.83. The van der Waals surface area contributed by atoms with E-state index in [1.165, 1.54) is 25.7 Å². The van der Waals surface area contributed by atoms with E-state index in [4.69, 9.17) is 0 Å². The Morgan fingerprint density at radius 2 is 2.18 bits per heavy atom. The highest BCUT2D eigenvalue weighted by Crippen LogP contribution is 2.28. The highest BCUT2D eigenvalue weighted by Gasteiger charge is 2.29. The quantitative estimate of drug-likeness (QED) is 0.679. The first-order valence-electron chi connectivity index (χ1n) is 6.86. The fourth-order valence-corrected chi connectivity index (χ4v) is 2.97. The van der Waals surface area contributed by atoms with Crippen LogP contribution < -0.4 is 10.6 Å². The molecule has 2 fully saturated rings. The zero-order valence-electron chi connectivity index (χ0n) is 10.6. The summed E-state index contributed by atoms with van der Waals surface area (Å²) >= 11 is 0. The largest absolute Gasteiger partial charge is 0.392 e. The minimum atomic E-state index is -0.362. The maximum atomic E-state index is 11.9. The van der Waals surface area contributed by atoms with Crippen molar-refractivity contribution in [1.29, 1.82) is 0 Å². The van der Waals surface area contributed by atoms with Crippen molar-refractivity contribution in [3.05, 3.63) is 0 Å². The third-order valence-electron chi connectivity index (χ3n) is 4.25. The van der Waals surface area contributed by atoms with Gasteiger partial charge in [0.05, 0.1) is 12.1 Å². The summed E-state index contributed by atoms with van der Waals surface area (Å²) in [6.07, 6.45) is 5.35. The van der Waals surface area contributed by atoms with Gasteiger partial charge < -0.3 is 15.7 Å². The summed E-state index contributed by atoms with van der Waals surface area (Å²) in [5.41, 5.74) is 0. The minimum absolute atomic E-state index is 0.0549. The van der Waals surface area contributed by atoms with Gasteiger partial charge >= 0.3 is 0 Å². The van der Waals surface area contributed by atoms with E-state index in [0.717, 1.165) is 12.5 Å². The Hall–Kier alpha value is -0.610. The first-order valence-corrected chi connectivity index (χ1v) is 6.86. The molecule has 0 spiro atoms. The van der Waals surface area contributed by atoms with Gasteiger partial charge in [-0.15, -0.1) is 0 Å². The zero-order chi connectivity index (χ0) is 12.3. The molecular weight excluding hydrogens is 216 g/mol. The van der Waals surface area contributed by atoms with Crippen molar-refractivity contribution in [1.82, 2.24) is 10.6 Å². The molecule has 0 aromatic rings. The van der Waals surface area contributed by atoms with Gasteiger partial charge in [-0.2, -0.15) is 0 Å². The summed E-state index contributed by atoms with van der Waals surface area (Å²) < 4.78 is 0. The second-order valence-corrected chi connectivity index (χ2v) is 5.62. The van der Waals surface area contributed by atoms with E-state index in [1.54, 1.807) is 0 Å². The Bertz CT molecular complexity index is 270. The number of aliphatic hydroxyl groups excluding tert-OH is 1. The fourth-order valence-electron chi connectivity index (χ4n) is 2.97. The van der Waals surface area contributed by atoms with Gasteiger partial charge in [-0.3, -0.25) is 4.79 Å².